The van der Waals surface area contributed by atoms with Gasteiger partial charge in [0.15, 0.2) is 0 Å². The van der Waals surface area contributed by atoms with Crippen molar-refractivity contribution in [2.24, 2.45) is 0 Å². The van der Waals surface area contributed by atoms with Crippen molar-refractivity contribution < 1.29 is 22.7 Å². The first kappa shape index (κ1) is 15.3. The smallest absolute Gasteiger partial charge is 0.388 e. The molecule has 1 N–H and O–H groups in total. The molecule has 0 aliphatic rings. The lowest BCUT2D eigenvalue weighted by molar-refractivity contribution is -0.137. The van der Waals surface area contributed by atoms with Gasteiger partial charge in [-0.3, -0.25) is 0 Å². The maximum Gasteiger partial charge on any atom is 0.416 e. The molecule has 0 bridgehead atoms. The van der Waals surface area contributed by atoms with E-state index in [2.05, 4.69) is 0 Å². The Morgan fingerprint density at radius 2 is 1.90 bits per heavy atom. The summed E-state index contributed by atoms with van der Waals surface area (Å²) in [7, 11) is 0. The molecular formula is C13H9ClF4OS. The SMILES string of the molecule is OC(Cc1ccc(Cl)s1)c1cc(C(F)(F)F)ccc1F. The van der Waals surface area contributed by atoms with E-state index in [1.54, 1.807) is 12.1 Å². The van der Waals surface area contributed by atoms with Crippen LogP contribution in [0.4, 0.5) is 17.6 Å². The molecule has 0 spiro atoms. The Kier molecular flexibility index (Phi) is 4.36. The maximum atomic E-state index is 13.6. The summed E-state index contributed by atoms with van der Waals surface area (Å²) in [6.45, 7) is 0. The van der Waals surface area contributed by atoms with Gasteiger partial charge in [-0.15, -0.1) is 11.3 Å². The van der Waals surface area contributed by atoms with Crippen LogP contribution in [-0.4, -0.2) is 5.11 Å². The first-order chi connectivity index (χ1) is 9.27. The predicted octanol–water partition coefficient (Wildman–Crippen LogP) is 4.84. The van der Waals surface area contributed by atoms with Gasteiger partial charge >= 0.3 is 6.18 Å². The van der Waals surface area contributed by atoms with Crippen LogP contribution in [0.15, 0.2) is 30.3 Å². The van der Waals surface area contributed by atoms with Crippen molar-refractivity contribution >= 4 is 22.9 Å². The average molecular weight is 325 g/mol. The van der Waals surface area contributed by atoms with E-state index >= 15 is 0 Å². The first-order valence-corrected chi connectivity index (χ1v) is 6.76. The molecular weight excluding hydrogens is 316 g/mol. The van der Waals surface area contributed by atoms with Crippen molar-refractivity contribution in [1.29, 1.82) is 0 Å². The molecule has 1 unspecified atom stereocenters. The molecule has 2 aromatic rings. The van der Waals surface area contributed by atoms with Crippen LogP contribution in [0.2, 0.25) is 4.34 Å². The standard InChI is InChI=1S/C13H9ClF4OS/c14-12-4-2-8(20-12)6-11(19)9-5-7(13(16,17)18)1-3-10(9)15/h1-5,11,19H,6H2. The summed E-state index contributed by atoms with van der Waals surface area (Å²) in [6.07, 6.45) is -5.92. The Bertz CT molecular complexity index is 609. The number of thiophene rings is 1. The van der Waals surface area contributed by atoms with E-state index < -0.39 is 23.7 Å². The third-order valence-corrected chi connectivity index (χ3v) is 3.96. The van der Waals surface area contributed by atoms with E-state index in [1.165, 1.54) is 11.3 Å². The van der Waals surface area contributed by atoms with Crippen molar-refractivity contribution in [3.05, 3.63) is 56.5 Å². The number of benzene rings is 1. The van der Waals surface area contributed by atoms with Gasteiger partial charge in [0.1, 0.15) is 5.82 Å². The minimum atomic E-state index is -4.57. The molecule has 0 aliphatic carbocycles. The zero-order valence-electron chi connectivity index (χ0n) is 9.92. The molecule has 0 saturated carbocycles. The summed E-state index contributed by atoms with van der Waals surface area (Å²) in [5, 5.41) is 9.91. The number of halogens is 5. The van der Waals surface area contributed by atoms with Crippen LogP contribution < -0.4 is 0 Å². The van der Waals surface area contributed by atoms with Gasteiger partial charge in [0.05, 0.1) is 16.0 Å². The van der Waals surface area contributed by atoms with Gasteiger partial charge in [0, 0.05) is 16.9 Å². The van der Waals surface area contributed by atoms with Crippen molar-refractivity contribution in [2.45, 2.75) is 18.7 Å². The molecule has 1 aromatic carbocycles. The molecule has 1 heterocycles. The van der Waals surface area contributed by atoms with Gasteiger partial charge in [-0.2, -0.15) is 13.2 Å². The average Bonchev–Trinajstić information content (AvgIpc) is 2.73. The number of aliphatic hydroxyl groups excluding tert-OH is 1. The van der Waals surface area contributed by atoms with E-state index in [9.17, 15) is 22.7 Å². The minimum Gasteiger partial charge on any atom is -0.388 e. The number of alkyl halides is 3. The Balaban J connectivity index is 2.27. The number of hydrogen-bond acceptors (Lipinski definition) is 2. The van der Waals surface area contributed by atoms with E-state index in [-0.39, 0.29) is 12.0 Å². The van der Waals surface area contributed by atoms with Crippen LogP contribution in [0.3, 0.4) is 0 Å². The molecule has 1 atom stereocenters. The van der Waals surface area contributed by atoms with Crippen LogP contribution in [0, 0.1) is 5.82 Å². The molecule has 0 aliphatic heterocycles. The second-order valence-corrected chi connectivity index (χ2v) is 5.96. The molecule has 1 nitrogen and oxygen atoms in total. The maximum absolute atomic E-state index is 13.6. The highest BCUT2D eigenvalue weighted by Crippen LogP contribution is 2.33. The fourth-order valence-corrected chi connectivity index (χ4v) is 2.86. The number of rotatable bonds is 3. The van der Waals surface area contributed by atoms with Gasteiger partial charge in [0.2, 0.25) is 0 Å². The number of aliphatic hydroxyl groups is 1. The zero-order chi connectivity index (χ0) is 14.9. The summed E-state index contributed by atoms with van der Waals surface area (Å²) in [4.78, 5) is 0.666. The highest BCUT2D eigenvalue weighted by molar-refractivity contribution is 7.16. The van der Waals surface area contributed by atoms with Crippen LogP contribution in [-0.2, 0) is 12.6 Å². The van der Waals surface area contributed by atoms with Crippen molar-refractivity contribution in [3.8, 4) is 0 Å². The summed E-state index contributed by atoms with van der Waals surface area (Å²) < 4.78 is 51.8. The second kappa shape index (κ2) is 5.71. The van der Waals surface area contributed by atoms with Gasteiger partial charge in [-0.25, -0.2) is 4.39 Å². The predicted molar refractivity (Wildman–Crippen MR) is 69.4 cm³/mol. The third kappa shape index (κ3) is 3.50. The minimum absolute atomic E-state index is 0.00954. The quantitative estimate of drug-likeness (QED) is 0.801. The molecule has 20 heavy (non-hydrogen) atoms. The van der Waals surface area contributed by atoms with E-state index in [0.29, 0.717) is 27.4 Å². The first-order valence-electron chi connectivity index (χ1n) is 5.56. The Morgan fingerprint density at radius 1 is 1.20 bits per heavy atom. The summed E-state index contributed by atoms with van der Waals surface area (Å²) >= 11 is 6.91. The summed E-state index contributed by atoms with van der Waals surface area (Å²) in [5.74, 6) is -0.867. The molecule has 7 heteroatoms. The van der Waals surface area contributed by atoms with Crippen molar-refractivity contribution in [1.82, 2.24) is 0 Å². The van der Waals surface area contributed by atoms with Crippen molar-refractivity contribution in [3.63, 3.8) is 0 Å². The van der Waals surface area contributed by atoms with Crippen LogP contribution >= 0.6 is 22.9 Å². The van der Waals surface area contributed by atoms with E-state index in [1.807, 2.05) is 0 Å². The fourth-order valence-electron chi connectivity index (χ4n) is 1.74. The lowest BCUT2D eigenvalue weighted by Crippen LogP contribution is -2.09. The lowest BCUT2D eigenvalue weighted by atomic mass is 10.0. The van der Waals surface area contributed by atoms with Gasteiger partial charge in [0.25, 0.3) is 0 Å². The topological polar surface area (TPSA) is 20.2 Å². The molecule has 0 saturated heterocycles. The largest absolute Gasteiger partial charge is 0.416 e. The van der Waals surface area contributed by atoms with E-state index in [0.717, 1.165) is 0 Å². The third-order valence-electron chi connectivity index (χ3n) is 2.71. The fraction of sp³-hybridized carbons (Fsp3) is 0.231. The van der Waals surface area contributed by atoms with Gasteiger partial charge in [-0.1, -0.05) is 11.6 Å². The van der Waals surface area contributed by atoms with Crippen LogP contribution in [0.1, 0.15) is 22.1 Å². The molecule has 108 valence electrons. The summed E-state index contributed by atoms with van der Waals surface area (Å²) in [5.41, 5.74) is -1.36. The Labute approximate surface area is 121 Å². The second-order valence-electron chi connectivity index (χ2n) is 4.16. The summed E-state index contributed by atoms with van der Waals surface area (Å²) in [6, 6.07) is 5.24. The lowest BCUT2D eigenvalue weighted by Gasteiger charge is -2.14. The Hall–Kier alpha value is -1.11. The molecule has 0 radical (unpaired) electrons. The Morgan fingerprint density at radius 3 is 2.45 bits per heavy atom. The highest BCUT2D eigenvalue weighted by Gasteiger charge is 2.31. The normalized spacial score (nSPS) is 13.5. The number of hydrogen-bond donors (Lipinski definition) is 1. The van der Waals surface area contributed by atoms with Gasteiger partial charge in [-0.05, 0) is 30.3 Å². The molecule has 0 amide bonds. The zero-order valence-corrected chi connectivity index (χ0v) is 11.5. The van der Waals surface area contributed by atoms with Crippen molar-refractivity contribution in [2.75, 3.05) is 0 Å². The van der Waals surface area contributed by atoms with Gasteiger partial charge < -0.3 is 5.11 Å². The highest BCUT2D eigenvalue weighted by atomic mass is 35.5. The van der Waals surface area contributed by atoms with E-state index in [4.69, 9.17) is 11.6 Å². The molecule has 1 aromatic heterocycles. The monoisotopic (exact) mass is 324 g/mol. The van der Waals surface area contributed by atoms with Crippen LogP contribution in [0.5, 0.6) is 0 Å². The van der Waals surface area contributed by atoms with Crippen LogP contribution in [0.25, 0.3) is 0 Å². The molecule has 0 fully saturated rings. The molecule has 2 rings (SSSR count).